The Labute approximate surface area is 196 Å². The molecule has 0 spiro atoms. The molecule has 0 bridgehead atoms. The standard InChI is InChI=1S/C28H22N4O2/c33-27-23-15-8-7-14-22(23)25(29-32(27)21-12-5-2-6-13-21)28(34)31-19-18-30-17-9-16-24(30)26(31)20-10-3-1-4-11-20/h1-17,26H,18-19H2. The van der Waals surface area contributed by atoms with E-state index in [4.69, 9.17) is 0 Å². The summed E-state index contributed by atoms with van der Waals surface area (Å²) in [6.45, 7) is 1.24. The molecule has 34 heavy (non-hydrogen) atoms. The Kier molecular flexibility index (Phi) is 4.84. The summed E-state index contributed by atoms with van der Waals surface area (Å²) in [4.78, 5) is 29.3. The Bertz CT molecular complexity index is 1550. The lowest BCUT2D eigenvalue weighted by molar-refractivity contribution is 0.0658. The molecular formula is C28H22N4O2. The summed E-state index contributed by atoms with van der Waals surface area (Å²) >= 11 is 0. The van der Waals surface area contributed by atoms with Gasteiger partial charge in [0.1, 0.15) is 0 Å². The lowest BCUT2D eigenvalue weighted by Gasteiger charge is -2.37. The third-order valence-corrected chi connectivity index (χ3v) is 6.42. The van der Waals surface area contributed by atoms with Crippen LogP contribution in [-0.2, 0) is 6.54 Å². The molecule has 1 amide bonds. The highest BCUT2D eigenvalue weighted by Gasteiger charge is 2.34. The van der Waals surface area contributed by atoms with Gasteiger partial charge in [0.25, 0.3) is 11.5 Å². The monoisotopic (exact) mass is 446 g/mol. The second-order valence-electron chi connectivity index (χ2n) is 8.38. The average Bonchev–Trinajstić information content (AvgIpc) is 3.38. The van der Waals surface area contributed by atoms with Crippen LogP contribution in [0.1, 0.15) is 27.8 Å². The second-order valence-corrected chi connectivity index (χ2v) is 8.38. The first-order valence-electron chi connectivity index (χ1n) is 11.3. The van der Waals surface area contributed by atoms with Crippen LogP contribution in [0.25, 0.3) is 16.5 Å². The molecule has 0 aliphatic carbocycles. The molecule has 0 saturated heterocycles. The topological polar surface area (TPSA) is 60.1 Å². The van der Waals surface area contributed by atoms with Crippen molar-refractivity contribution >= 4 is 16.7 Å². The first-order chi connectivity index (χ1) is 16.7. The summed E-state index contributed by atoms with van der Waals surface area (Å²) in [5.74, 6) is -0.192. The third-order valence-electron chi connectivity index (χ3n) is 6.42. The molecule has 2 aromatic heterocycles. The largest absolute Gasteiger partial charge is 0.348 e. The van der Waals surface area contributed by atoms with Crippen LogP contribution in [0.4, 0.5) is 0 Å². The van der Waals surface area contributed by atoms with Gasteiger partial charge >= 0.3 is 0 Å². The highest BCUT2D eigenvalue weighted by Crippen LogP contribution is 2.34. The fourth-order valence-electron chi connectivity index (χ4n) is 4.82. The van der Waals surface area contributed by atoms with Crippen LogP contribution >= 0.6 is 0 Å². The maximum Gasteiger partial charge on any atom is 0.279 e. The molecule has 1 atom stereocenters. The minimum Gasteiger partial charge on any atom is -0.348 e. The molecule has 0 N–H and O–H groups in total. The number of amides is 1. The molecule has 6 rings (SSSR count). The number of hydrogen-bond acceptors (Lipinski definition) is 3. The molecule has 1 aliphatic rings. The van der Waals surface area contributed by atoms with Gasteiger partial charge in [0.05, 0.1) is 17.1 Å². The van der Waals surface area contributed by atoms with Crippen molar-refractivity contribution in [3.8, 4) is 5.69 Å². The summed E-state index contributed by atoms with van der Waals surface area (Å²) in [6.07, 6.45) is 2.05. The molecule has 6 heteroatoms. The van der Waals surface area contributed by atoms with Gasteiger partial charge in [-0.3, -0.25) is 9.59 Å². The van der Waals surface area contributed by atoms with E-state index >= 15 is 0 Å². The van der Waals surface area contributed by atoms with Gasteiger partial charge in [-0.15, -0.1) is 0 Å². The van der Waals surface area contributed by atoms with Gasteiger partial charge in [0.15, 0.2) is 5.69 Å². The van der Waals surface area contributed by atoms with Crippen LogP contribution in [0.5, 0.6) is 0 Å². The highest BCUT2D eigenvalue weighted by molar-refractivity contribution is 6.05. The molecule has 1 unspecified atom stereocenters. The SMILES string of the molecule is O=C(c1nn(-c2ccccc2)c(=O)c2ccccc12)N1CCn2cccc2C1c1ccccc1. The molecule has 5 aromatic rings. The minimum absolute atomic E-state index is 0.192. The minimum atomic E-state index is -0.245. The summed E-state index contributed by atoms with van der Waals surface area (Å²) in [6, 6.07) is 30.3. The lowest BCUT2D eigenvalue weighted by atomic mass is 9.99. The fourth-order valence-corrected chi connectivity index (χ4v) is 4.82. The number of rotatable bonds is 3. The average molecular weight is 447 g/mol. The van der Waals surface area contributed by atoms with Crippen molar-refractivity contribution in [2.45, 2.75) is 12.6 Å². The summed E-state index contributed by atoms with van der Waals surface area (Å²) < 4.78 is 3.53. The number of nitrogens with zero attached hydrogens (tertiary/aromatic N) is 4. The third kappa shape index (κ3) is 3.23. The number of para-hydroxylation sites is 1. The van der Waals surface area contributed by atoms with E-state index in [9.17, 15) is 9.59 Å². The van der Waals surface area contributed by atoms with E-state index in [0.29, 0.717) is 29.5 Å². The summed E-state index contributed by atoms with van der Waals surface area (Å²) in [5, 5.41) is 5.66. The number of aromatic nitrogens is 3. The maximum absolute atomic E-state index is 14.2. The summed E-state index contributed by atoms with van der Waals surface area (Å²) in [5.41, 5.74) is 2.76. The maximum atomic E-state index is 14.2. The number of fused-ring (bicyclic) bond motifs is 2. The Morgan fingerprint density at radius 3 is 2.21 bits per heavy atom. The van der Waals surface area contributed by atoms with Crippen molar-refractivity contribution in [3.05, 3.63) is 131 Å². The molecule has 166 valence electrons. The van der Waals surface area contributed by atoms with E-state index in [1.165, 1.54) is 4.68 Å². The van der Waals surface area contributed by atoms with Crippen LogP contribution in [0.2, 0.25) is 0 Å². The zero-order chi connectivity index (χ0) is 23.1. The molecule has 0 radical (unpaired) electrons. The quantitative estimate of drug-likeness (QED) is 0.412. The first-order valence-corrected chi connectivity index (χ1v) is 11.3. The molecule has 0 saturated carbocycles. The van der Waals surface area contributed by atoms with Crippen LogP contribution in [0, 0.1) is 0 Å². The molecular weight excluding hydrogens is 424 g/mol. The van der Waals surface area contributed by atoms with E-state index in [0.717, 1.165) is 11.3 Å². The normalized spacial score (nSPS) is 15.3. The van der Waals surface area contributed by atoms with Gasteiger partial charge < -0.3 is 9.47 Å². The van der Waals surface area contributed by atoms with E-state index in [-0.39, 0.29) is 23.2 Å². The molecule has 1 aliphatic heterocycles. The Balaban J connectivity index is 1.54. The van der Waals surface area contributed by atoms with Gasteiger partial charge in [-0.25, -0.2) is 0 Å². The van der Waals surface area contributed by atoms with Gasteiger partial charge in [-0.2, -0.15) is 9.78 Å². The van der Waals surface area contributed by atoms with Crippen LogP contribution in [0.15, 0.2) is 108 Å². The lowest BCUT2D eigenvalue weighted by Crippen LogP contribution is -2.43. The fraction of sp³-hybridized carbons (Fsp3) is 0.107. The summed E-state index contributed by atoms with van der Waals surface area (Å²) in [7, 11) is 0. The Morgan fingerprint density at radius 2 is 1.44 bits per heavy atom. The molecule has 6 nitrogen and oxygen atoms in total. The van der Waals surface area contributed by atoms with Crippen molar-refractivity contribution in [1.29, 1.82) is 0 Å². The Morgan fingerprint density at radius 1 is 0.765 bits per heavy atom. The Hall–Kier alpha value is -4.45. The van der Waals surface area contributed by atoms with Gasteiger partial charge in [-0.1, -0.05) is 66.7 Å². The van der Waals surface area contributed by atoms with Crippen molar-refractivity contribution in [2.24, 2.45) is 0 Å². The predicted molar refractivity (Wildman–Crippen MR) is 131 cm³/mol. The smallest absolute Gasteiger partial charge is 0.279 e. The van der Waals surface area contributed by atoms with Crippen molar-refractivity contribution in [1.82, 2.24) is 19.2 Å². The van der Waals surface area contributed by atoms with Crippen LogP contribution in [0.3, 0.4) is 0 Å². The second kappa shape index (κ2) is 8.15. The number of hydrogen-bond donors (Lipinski definition) is 0. The van der Waals surface area contributed by atoms with Crippen molar-refractivity contribution in [2.75, 3.05) is 6.54 Å². The number of benzene rings is 3. The van der Waals surface area contributed by atoms with Crippen LogP contribution < -0.4 is 5.56 Å². The highest BCUT2D eigenvalue weighted by atomic mass is 16.2. The zero-order valence-electron chi connectivity index (χ0n) is 18.4. The van der Waals surface area contributed by atoms with Gasteiger partial charge in [0.2, 0.25) is 0 Å². The van der Waals surface area contributed by atoms with Crippen molar-refractivity contribution in [3.63, 3.8) is 0 Å². The van der Waals surface area contributed by atoms with Gasteiger partial charge in [-0.05, 0) is 35.9 Å². The van der Waals surface area contributed by atoms with Crippen LogP contribution in [-0.4, -0.2) is 31.7 Å². The number of carbonyl (C=O) groups is 1. The van der Waals surface area contributed by atoms with E-state index < -0.39 is 0 Å². The van der Waals surface area contributed by atoms with E-state index in [2.05, 4.69) is 21.9 Å². The van der Waals surface area contributed by atoms with E-state index in [1.807, 2.05) is 83.8 Å². The molecule has 3 heterocycles. The van der Waals surface area contributed by atoms with E-state index in [1.54, 1.807) is 12.1 Å². The first kappa shape index (κ1) is 20.2. The van der Waals surface area contributed by atoms with Gasteiger partial charge in [0, 0.05) is 30.4 Å². The zero-order valence-corrected chi connectivity index (χ0v) is 18.4. The predicted octanol–water partition coefficient (Wildman–Crippen LogP) is 4.43. The molecule has 3 aromatic carbocycles. The molecule has 0 fully saturated rings. The van der Waals surface area contributed by atoms with Crippen molar-refractivity contribution < 1.29 is 4.79 Å². The number of carbonyl (C=O) groups excluding carboxylic acids is 1.